The smallest absolute Gasteiger partial charge is 0.509 e. The van der Waals surface area contributed by atoms with E-state index in [1.165, 1.54) is 16.5 Å². The van der Waals surface area contributed by atoms with Crippen molar-refractivity contribution < 1.29 is 25.8 Å². The van der Waals surface area contributed by atoms with Gasteiger partial charge in [-0.1, -0.05) is 68.2 Å². The van der Waals surface area contributed by atoms with E-state index in [2.05, 4.69) is 98.1 Å². The molecule has 0 atom stereocenters. The number of nitrogens with zero attached hydrogens (tertiary/aromatic N) is 4. The number of benzene rings is 4. The first-order valence-corrected chi connectivity index (χ1v) is 15.8. The molecule has 3 aromatic heterocycles. The van der Waals surface area contributed by atoms with Crippen LogP contribution in [-0.2, 0) is 33.9 Å². The van der Waals surface area contributed by atoms with Gasteiger partial charge in [-0.05, 0) is 79.1 Å². The van der Waals surface area contributed by atoms with Crippen molar-refractivity contribution >= 4 is 21.8 Å². The molecular formula is C40H36N4OPt. The van der Waals surface area contributed by atoms with Gasteiger partial charge in [-0.25, -0.2) is 4.98 Å². The Balaban J connectivity index is 0.00000372. The van der Waals surface area contributed by atoms with E-state index in [4.69, 9.17) is 14.8 Å². The molecule has 0 N–H and O–H groups in total. The van der Waals surface area contributed by atoms with E-state index in [9.17, 15) is 0 Å². The monoisotopic (exact) mass is 783 g/mol. The Bertz CT molecular complexity index is 2140. The third-order valence-electron chi connectivity index (χ3n) is 8.53. The van der Waals surface area contributed by atoms with E-state index in [1.807, 2.05) is 48.1 Å². The van der Waals surface area contributed by atoms with Crippen LogP contribution in [0.2, 0.25) is 0 Å². The predicted octanol–water partition coefficient (Wildman–Crippen LogP) is 9.94. The van der Waals surface area contributed by atoms with E-state index >= 15 is 0 Å². The van der Waals surface area contributed by atoms with Crippen molar-refractivity contribution in [2.75, 3.05) is 0 Å². The van der Waals surface area contributed by atoms with Crippen LogP contribution < -0.4 is 4.74 Å². The van der Waals surface area contributed by atoms with Crippen LogP contribution in [0, 0.1) is 26.0 Å². The summed E-state index contributed by atoms with van der Waals surface area (Å²) >= 11 is 0. The summed E-state index contributed by atoms with van der Waals surface area (Å²) in [5.41, 5.74) is 9.81. The van der Waals surface area contributed by atoms with Crippen LogP contribution >= 0.6 is 0 Å². The van der Waals surface area contributed by atoms with Crippen LogP contribution in [0.4, 0.5) is 0 Å². The SMILES string of the molecule is CCCCc1ccnc(-n2c3[c-]c(Oc4[c-]c(-n5nc(C)c(-c6ccccc6)c5C)ccc4)ccc3c3cc(CC)ccc32)c1.[Pt+2]. The summed E-state index contributed by atoms with van der Waals surface area (Å²) in [6.07, 6.45) is 6.25. The van der Waals surface area contributed by atoms with Gasteiger partial charge in [-0.3, -0.25) is 4.68 Å². The molecule has 4 aromatic carbocycles. The minimum absolute atomic E-state index is 0. The number of rotatable bonds is 9. The van der Waals surface area contributed by atoms with Gasteiger partial charge >= 0.3 is 21.1 Å². The predicted molar refractivity (Wildman–Crippen MR) is 183 cm³/mol. The molecule has 7 aromatic rings. The Hall–Kier alpha value is -4.47. The van der Waals surface area contributed by atoms with Gasteiger partial charge in [0.2, 0.25) is 0 Å². The number of hydrogen-bond acceptors (Lipinski definition) is 3. The molecule has 0 fully saturated rings. The molecule has 0 saturated heterocycles. The molecule has 0 aliphatic rings. The van der Waals surface area contributed by atoms with Gasteiger partial charge in [0.1, 0.15) is 5.82 Å². The van der Waals surface area contributed by atoms with Gasteiger partial charge in [-0.15, -0.1) is 35.7 Å². The van der Waals surface area contributed by atoms with Crippen LogP contribution in [0.1, 0.15) is 49.2 Å². The molecule has 0 bridgehead atoms. The number of fused-ring (bicyclic) bond motifs is 3. The van der Waals surface area contributed by atoms with E-state index in [0.29, 0.717) is 11.5 Å². The van der Waals surface area contributed by atoms with Crippen LogP contribution in [0.15, 0.2) is 97.2 Å². The molecule has 5 nitrogen and oxygen atoms in total. The topological polar surface area (TPSA) is 44.9 Å². The molecule has 7 rings (SSSR count). The van der Waals surface area contributed by atoms with E-state index in [1.54, 1.807) is 0 Å². The summed E-state index contributed by atoms with van der Waals surface area (Å²) in [6, 6.07) is 38.5. The molecular weight excluding hydrogens is 748 g/mol. The maximum absolute atomic E-state index is 6.43. The zero-order chi connectivity index (χ0) is 30.9. The Morgan fingerprint density at radius 2 is 1.61 bits per heavy atom. The first kappa shape index (κ1) is 31.5. The van der Waals surface area contributed by atoms with Crippen LogP contribution in [0.5, 0.6) is 11.5 Å². The van der Waals surface area contributed by atoms with Gasteiger partial charge in [0.15, 0.2) is 0 Å². The van der Waals surface area contributed by atoms with Gasteiger partial charge < -0.3 is 9.30 Å². The number of aromatic nitrogens is 4. The first-order valence-electron chi connectivity index (χ1n) is 15.8. The Morgan fingerprint density at radius 1 is 0.783 bits per heavy atom. The molecule has 0 radical (unpaired) electrons. The minimum Gasteiger partial charge on any atom is -0.509 e. The number of pyridine rings is 1. The van der Waals surface area contributed by atoms with Gasteiger partial charge in [0.05, 0.1) is 5.69 Å². The van der Waals surface area contributed by atoms with Crippen molar-refractivity contribution in [3.63, 3.8) is 0 Å². The van der Waals surface area contributed by atoms with E-state index in [0.717, 1.165) is 76.1 Å². The zero-order valence-corrected chi connectivity index (χ0v) is 28.9. The number of aryl methyl sites for hydroxylation is 3. The van der Waals surface area contributed by atoms with Crippen LogP contribution in [-0.4, -0.2) is 19.3 Å². The molecule has 0 aliphatic carbocycles. The van der Waals surface area contributed by atoms with Crippen molar-refractivity contribution in [2.45, 2.75) is 53.4 Å². The van der Waals surface area contributed by atoms with Crippen molar-refractivity contribution in [3.05, 3.63) is 132 Å². The van der Waals surface area contributed by atoms with Crippen molar-refractivity contribution in [1.29, 1.82) is 0 Å². The first-order chi connectivity index (χ1) is 22.0. The number of ether oxygens (including phenoxy) is 1. The fourth-order valence-electron chi connectivity index (χ4n) is 6.25. The van der Waals surface area contributed by atoms with Crippen molar-refractivity contribution in [2.24, 2.45) is 0 Å². The molecule has 0 unspecified atom stereocenters. The maximum atomic E-state index is 6.43. The summed E-state index contributed by atoms with van der Waals surface area (Å²) < 4.78 is 10.6. The second-order valence-corrected chi connectivity index (χ2v) is 11.6. The molecule has 3 heterocycles. The normalized spacial score (nSPS) is 11.2. The zero-order valence-electron chi connectivity index (χ0n) is 26.6. The fourth-order valence-corrected chi connectivity index (χ4v) is 6.25. The summed E-state index contributed by atoms with van der Waals surface area (Å²) in [5, 5.41) is 7.19. The number of unbranched alkanes of at least 4 members (excludes halogenated alkanes) is 1. The summed E-state index contributed by atoms with van der Waals surface area (Å²) in [6.45, 7) is 8.56. The van der Waals surface area contributed by atoms with Crippen molar-refractivity contribution in [1.82, 2.24) is 19.3 Å². The molecule has 0 amide bonds. The quantitative estimate of drug-likeness (QED) is 0.137. The van der Waals surface area contributed by atoms with Gasteiger partial charge in [-0.2, -0.15) is 17.2 Å². The minimum atomic E-state index is 0. The molecule has 0 saturated carbocycles. The second-order valence-electron chi connectivity index (χ2n) is 11.6. The molecule has 0 spiro atoms. The average Bonchev–Trinajstić information content (AvgIpc) is 3.56. The molecule has 232 valence electrons. The third kappa shape index (κ3) is 5.92. The van der Waals surface area contributed by atoms with Crippen molar-refractivity contribution in [3.8, 4) is 34.1 Å². The van der Waals surface area contributed by atoms with Crippen LogP contribution in [0.3, 0.4) is 0 Å². The van der Waals surface area contributed by atoms with Crippen LogP contribution in [0.25, 0.3) is 44.4 Å². The standard InChI is InChI=1S/C40H36N4O.Pt/c1-5-7-12-30-21-22-41-39(24-30)43-37-20-17-29(6-2)23-36(37)35-19-18-34(26-38(35)43)45-33-16-11-15-32(25-33)44-28(4)40(27(3)42-44)31-13-9-8-10-14-31;/h8-11,13-24H,5-7,12H2,1-4H3;/q-2;+2. The Kier molecular flexibility index (Phi) is 9.24. The summed E-state index contributed by atoms with van der Waals surface area (Å²) in [4.78, 5) is 4.82. The van der Waals surface area contributed by atoms with E-state index < -0.39 is 0 Å². The number of hydrogen-bond donors (Lipinski definition) is 0. The summed E-state index contributed by atoms with van der Waals surface area (Å²) in [5.74, 6) is 2.12. The third-order valence-corrected chi connectivity index (χ3v) is 8.53. The Morgan fingerprint density at radius 3 is 2.41 bits per heavy atom. The maximum Gasteiger partial charge on any atom is 2.00 e. The largest absolute Gasteiger partial charge is 2.00 e. The Labute approximate surface area is 285 Å². The second kappa shape index (κ2) is 13.5. The molecule has 46 heavy (non-hydrogen) atoms. The van der Waals surface area contributed by atoms with Gasteiger partial charge in [0.25, 0.3) is 0 Å². The molecule has 6 heteroatoms. The average molecular weight is 784 g/mol. The van der Waals surface area contributed by atoms with E-state index in [-0.39, 0.29) is 21.1 Å². The van der Waals surface area contributed by atoms with Gasteiger partial charge in [0, 0.05) is 34.5 Å². The molecule has 0 aliphatic heterocycles. The fraction of sp³-hybridized carbons (Fsp3) is 0.200. The summed E-state index contributed by atoms with van der Waals surface area (Å²) in [7, 11) is 0.